The molecule has 0 N–H and O–H groups in total. The van der Waals surface area contributed by atoms with Crippen LogP contribution in [-0.4, -0.2) is 10.8 Å². The van der Waals surface area contributed by atoms with Crippen LogP contribution in [0, 0.1) is 16.7 Å². The molecule has 0 fully saturated rings. The lowest BCUT2D eigenvalue weighted by Crippen LogP contribution is -2.13. The standard InChI is InChI=1S/C12H14N2O/c1-12(2,3)6-11(15)9-4-5-10(7-13)14-8-9/h4-5,8H,6H2,1-3H3. The molecule has 0 amide bonds. The van der Waals surface area contributed by atoms with E-state index in [0.717, 1.165) is 0 Å². The summed E-state index contributed by atoms with van der Waals surface area (Å²) in [6, 6.07) is 5.14. The summed E-state index contributed by atoms with van der Waals surface area (Å²) in [5, 5.41) is 8.56. The van der Waals surface area contributed by atoms with Crippen LogP contribution in [0.2, 0.25) is 0 Å². The van der Waals surface area contributed by atoms with Gasteiger partial charge in [-0.3, -0.25) is 4.79 Å². The maximum Gasteiger partial charge on any atom is 0.164 e. The van der Waals surface area contributed by atoms with Crippen LogP contribution >= 0.6 is 0 Å². The second-order valence-corrected chi connectivity index (χ2v) is 4.70. The van der Waals surface area contributed by atoms with Gasteiger partial charge in [0.25, 0.3) is 0 Å². The lowest BCUT2D eigenvalue weighted by atomic mass is 9.88. The van der Waals surface area contributed by atoms with E-state index >= 15 is 0 Å². The van der Waals surface area contributed by atoms with Gasteiger partial charge in [0.1, 0.15) is 11.8 Å². The molecule has 3 nitrogen and oxygen atoms in total. The number of nitrogens with zero attached hydrogens (tertiary/aromatic N) is 2. The van der Waals surface area contributed by atoms with Crippen LogP contribution in [-0.2, 0) is 0 Å². The van der Waals surface area contributed by atoms with Crippen molar-refractivity contribution in [1.82, 2.24) is 4.98 Å². The van der Waals surface area contributed by atoms with Crippen molar-refractivity contribution in [3.8, 4) is 6.07 Å². The van der Waals surface area contributed by atoms with Crippen LogP contribution in [0.3, 0.4) is 0 Å². The average Bonchev–Trinajstić information content (AvgIpc) is 2.15. The van der Waals surface area contributed by atoms with E-state index in [9.17, 15) is 4.79 Å². The number of carbonyl (C=O) groups is 1. The molecule has 0 unspecified atom stereocenters. The predicted octanol–water partition coefficient (Wildman–Crippen LogP) is 2.57. The number of nitriles is 1. The molecule has 1 rings (SSSR count). The van der Waals surface area contributed by atoms with Crippen molar-refractivity contribution in [1.29, 1.82) is 5.26 Å². The summed E-state index contributed by atoms with van der Waals surface area (Å²) in [6.07, 6.45) is 1.95. The fraction of sp³-hybridized carbons (Fsp3) is 0.417. The lowest BCUT2D eigenvalue weighted by molar-refractivity contribution is 0.0939. The van der Waals surface area contributed by atoms with Crippen LogP contribution in [0.5, 0.6) is 0 Å². The Hall–Kier alpha value is -1.69. The van der Waals surface area contributed by atoms with Crippen molar-refractivity contribution >= 4 is 5.78 Å². The number of pyridine rings is 1. The summed E-state index contributed by atoms with van der Waals surface area (Å²) in [6.45, 7) is 6.05. The van der Waals surface area contributed by atoms with Gasteiger partial charge < -0.3 is 0 Å². The van der Waals surface area contributed by atoms with E-state index in [-0.39, 0.29) is 11.2 Å². The Balaban J connectivity index is 2.80. The van der Waals surface area contributed by atoms with Crippen LogP contribution in [0.15, 0.2) is 18.3 Å². The first-order chi connectivity index (χ1) is 6.92. The first-order valence-corrected chi connectivity index (χ1v) is 4.82. The van der Waals surface area contributed by atoms with E-state index in [1.54, 1.807) is 12.1 Å². The molecule has 0 spiro atoms. The summed E-state index contributed by atoms with van der Waals surface area (Å²) in [5.41, 5.74) is 0.886. The lowest BCUT2D eigenvalue weighted by Gasteiger charge is -2.16. The minimum atomic E-state index is -0.0228. The summed E-state index contributed by atoms with van der Waals surface area (Å²) in [5.74, 6) is 0.0690. The van der Waals surface area contributed by atoms with Gasteiger partial charge in [-0.05, 0) is 17.5 Å². The molecular formula is C12H14N2O. The molecule has 0 aliphatic rings. The van der Waals surface area contributed by atoms with Gasteiger partial charge in [0, 0.05) is 18.2 Å². The average molecular weight is 202 g/mol. The van der Waals surface area contributed by atoms with E-state index in [1.165, 1.54) is 6.20 Å². The number of ketones is 1. The second kappa shape index (κ2) is 4.22. The highest BCUT2D eigenvalue weighted by Gasteiger charge is 2.17. The topological polar surface area (TPSA) is 53.8 Å². The van der Waals surface area contributed by atoms with E-state index in [1.807, 2.05) is 26.8 Å². The normalized spacial score (nSPS) is 10.8. The molecule has 78 valence electrons. The molecule has 3 heteroatoms. The summed E-state index contributed by atoms with van der Waals surface area (Å²) in [7, 11) is 0. The van der Waals surface area contributed by atoms with E-state index < -0.39 is 0 Å². The number of aromatic nitrogens is 1. The zero-order valence-corrected chi connectivity index (χ0v) is 9.24. The molecule has 0 aliphatic heterocycles. The minimum Gasteiger partial charge on any atom is -0.294 e. The SMILES string of the molecule is CC(C)(C)CC(=O)c1ccc(C#N)nc1. The largest absolute Gasteiger partial charge is 0.294 e. The molecule has 1 heterocycles. The van der Waals surface area contributed by atoms with Crippen LogP contribution < -0.4 is 0 Å². The van der Waals surface area contributed by atoms with Crippen molar-refractivity contribution < 1.29 is 4.79 Å². The Bertz CT molecular complexity index is 393. The van der Waals surface area contributed by atoms with E-state index in [2.05, 4.69) is 4.98 Å². The molecule has 0 atom stereocenters. The molecule has 1 aromatic rings. The Labute approximate surface area is 89.8 Å². The van der Waals surface area contributed by atoms with Crippen molar-refractivity contribution in [2.24, 2.45) is 5.41 Å². The van der Waals surface area contributed by atoms with Gasteiger partial charge in [-0.15, -0.1) is 0 Å². The van der Waals surface area contributed by atoms with E-state index in [4.69, 9.17) is 5.26 Å². The highest BCUT2D eigenvalue weighted by Crippen LogP contribution is 2.21. The van der Waals surface area contributed by atoms with Crippen molar-refractivity contribution in [3.63, 3.8) is 0 Å². The third kappa shape index (κ3) is 3.51. The van der Waals surface area contributed by atoms with Gasteiger partial charge in [0.2, 0.25) is 0 Å². The van der Waals surface area contributed by atoms with Crippen molar-refractivity contribution in [2.45, 2.75) is 27.2 Å². The molecule has 0 saturated heterocycles. The monoisotopic (exact) mass is 202 g/mol. The Kier molecular flexibility index (Phi) is 3.21. The fourth-order valence-corrected chi connectivity index (χ4v) is 1.21. The summed E-state index contributed by atoms with van der Waals surface area (Å²) >= 11 is 0. The third-order valence-electron chi connectivity index (χ3n) is 1.89. The summed E-state index contributed by atoms with van der Waals surface area (Å²) in [4.78, 5) is 15.6. The van der Waals surface area contributed by atoms with Crippen LogP contribution in [0.1, 0.15) is 43.2 Å². The first kappa shape index (κ1) is 11.4. The maximum atomic E-state index is 11.7. The number of carbonyl (C=O) groups excluding carboxylic acids is 1. The molecule has 0 aliphatic carbocycles. The molecule has 0 saturated carbocycles. The molecule has 0 aromatic carbocycles. The summed E-state index contributed by atoms with van der Waals surface area (Å²) < 4.78 is 0. The van der Waals surface area contributed by atoms with Gasteiger partial charge in [-0.1, -0.05) is 20.8 Å². The Morgan fingerprint density at radius 1 is 1.47 bits per heavy atom. The van der Waals surface area contributed by atoms with Gasteiger partial charge in [0.05, 0.1) is 0 Å². The molecule has 1 aromatic heterocycles. The number of Topliss-reactive ketones (excluding diaryl/α,β-unsaturated/α-hetero) is 1. The van der Waals surface area contributed by atoms with Crippen LogP contribution in [0.25, 0.3) is 0 Å². The highest BCUT2D eigenvalue weighted by atomic mass is 16.1. The number of hydrogen-bond donors (Lipinski definition) is 0. The van der Waals surface area contributed by atoms with Crippen molar-refractivity contribution in [3.05, 3.63) is 29.6 Å². The maximum absolute atomic E-state index is 11.7. The van der Waals surface area contributed by atoms with E-state index in [0.29, 0.717) is 17.7 Å². The zero-order chi connectivity index (χ0) is 11.5. The van der Waals surface area contributed by atoms with Gasteiger partial charge in [-0.2, -0.15) is 5.26 Å². The molecule has 15 heavy (non-hydrogen) atoms. The second-order valence-electron chi connectivity index (χ2n) is 4.70. The third-order valence-corrected chi connectivity index (χ3v) is 1.89. The Morgan fingerprint density at radius 2 is 2.13 bits per heavy atom. The zero-order valence-electron chi connectivity index (χ0n) is 9.24. The predicted molar refractivity (Wildman–Crippen MR) is 57.4 cm³/mol. The van der Waals surface area contributed by atoms with Gasteiger partial charge >= 0.3 is 0 Å². The molecule has 0 bridgehead atoms. The Morgan fingerprint density at radius 3 is 2.53 bits per heavy atom. The smallest absolute Gasteiger partial charge is 0.164 e. The van der Waals surface area contributed by atoms with Gasteiger partial charge in [-0.25, -0.2) is 4.98 Å². The minimum absolute atomic E-state index is 0.0228. The fourth-order valence-electron chi connectivity index (χ4n) is 1.21. The van der Waals surface area contributed by atoms with Crippen molar-refractivity contribution in [2.75, 3.05) is 0 Å². The van der Waals surface area contributed by atoms with Crippen LogP contribution in [0.4, 0.5) is 0 Å². The quantitative estimate of drug-likeness (QED) is 0.692. The number of hydrogen-bond acceptors (Lipinski definition) is 3. The molecule has 0 radical (unpaired) electrons. The molecular weight excluding hydrogens is 188 g/mol. The first-order valence-electron chi connectivity index (χ1n) is 4.82. The van der Waals surface area contributed by atoms with Gasteiger partial charge in [0.15, 0.2) is 5.78 Å². The number of rotatable bonds is 2. The highest BCUT2D eigenvalue weighted by molar-refractivity contribution is 5.96.